The fourth-order valence-electron chi connectivity index (χ4n) is 2.53. The van der Waals surface area contributed by atoms with Crippen molar-refractivity contribution in [3.8, 4) is 11.5 Å². The summed E-state index contributed by atoms with van der Waals surface area (Å²) in [7, 11) is 1.43. The Morgan fingerprint density at radius 3 is 2.39 bits per heavy atom. The van der Waals surface area contributed by atoms with E-state index in [2.05, 4.69) is 10.5 Å². The van der Waals surface area contributed by atoms with Crippen LogP contribution >= 0.6 is 34.8 Å². The van der Waals surface area contributed by atoms with Gasteiger partial charge in [0.15, 0.2) is 11.5 Å². The molecule has 1 amide bonds. The molecule has 0 fully saturated rings. The third-order valence-electron chi connectivity index (χ3n) is 4.04. The molecule has 3 rings (SSSR count). The Labute approximate surface area is 193 Å². The van der Waals surface area contributed by atoms with Crippen LogP contribution in [0.4, 0.5) is 0 Å². The number of hydrogen-bond donors (Lipinski definition) is 1. The summed E-state index contributed by atoms with van der Waals surface area (Å²) in [4.78, 5) is 24.5. The molecule has 0 heterocycles. The number of amides is 1. The molecule has 0 unspecified atom stereocenters. The number of hydrogen-bond acceptors (Lipinski definition) is 5. The summed E-state index contributed by atoms with van der Waals surface area (Å²) in [5.74, 6) is -0.622. The third-order valence-corrected chi connectivity index (χ3v) is 4.92. The molecule has 3 aromatic rings. The summed E-state index contributed by atoms with van der Waals surface area (Å²) in [5, 5.41) is 4.82. The highest BCUT2D eigenvalue weighted by atomic mass is 35.5. The minimum atomic E-state index is -0.659. The van der Waals surface area contributed by atoms with Crippen molar-refractivity contribution in [2.24, 2.45) is 5.10 Å². The molecule has 3 aromatic carbocycles. The van der Waals surface area contributed by atoms with Crippen molar-refractivity contribution in [1.82, 2.24) is 5.43 Å². The first-order valence-corrected chi connectivity index (χ1v) is 9.95. The quantitative estimate of drug-likeness (QED) is 0.216. The van der Waals surface area contributed by atoms with Crippen LogP contribution in [0.1, 0.15) is 26.3 Å². The Bertz CT molecular complexity index is 1170. The van der Waals surface area contributed by atoms with E-state index in [0.29, 0.717) is 26.9 Å². The SMILES string of the molecule is COc1cc(/C=N/NC(=O)c2ccccc2Cl)ccc1OC(=O)c1ccc(Cl)cc1Cl. The number of carbonyl (C=O) groups excluding carboxylic acids is 2. The van der Waals surface area contributed by atoms with Gasteiger partial charge in [0.05, 0.1) is 34.5 Å². The van der Waals surface area contributed by atoms with Gasteiger partial charge in [0, 0.05) is 5.02 Å². The molecule has 0 aliphatic heterocycles. The second-order valence-electron chi connectivity index (χ2n) is 6.10. The van der Waals surface area contributed by atoms with Crippen LogP contribution in [0.25, 0.3) is 0 Å². The molecule has 6 nitrogen and oxygen atoms in total. The first-order valence-electron chi connectivity index (χ1n) is 8.82. The summed E-state index contributed by atoms with van der Waals surface area (Å²) < 4.78 is 10.7. The minimum absolute atomic E-state index is 0.168. The van der Waals surface area contributed by atoms with Gasteiger partial charge in [0.2, 0.25) is 0 Å². The Morgan fingerprint density at radius 1 is 0.903 bits per heavy atom. The lowest BCUT2D eigenvalue weighted by molar-refractivity contribution is 0.0729. The lowest BCUT2D eigenvalue weighted by Crippen LogP contribution is -2.17. The summed E-state index contributed by atoms with van der Waals surface area (Å²) in [6.45, 7) is 0. The van der Waals surface area contributed by atoms with Crippen LogP contribution in [0.15, 0.2) is 65.8 Å². The number of hydrazone groups is 1. The first-order chi connectivity index (χ1) is 14.9. The van der Waals surface area contributed by atoms with Gasteiger partial charge in [-0.3, -0.25) is 4.79 Å². The Morgan fingerprint density at radius 2 is 1.68 bits per heavy atom. The topological polar surface area (TPSA) is 77.0 Å². The molecule has 158 valence electrons. The Balaban J connectivity index is 1.71. The monoisotopic (exact) mass is 476 g/mol. The van der Waals surface area contributed by atoms with E-state index >= 15 is 0 Å². The maximum atomic E-state index is 12.4. The molecule has 0 spiro atoms. The molecule has 0 aliphatic rings. The van der Waals surface area contributed by atoms with Crippen molar-refractivity contribution in [3.05, 3.63) is 92.4 Å². The first kappa shape index (κ1) is 22.6. The van der Waals surface area contributed by atoms with E-state index in [-0.39, 0.29) is 16.3 Å². The van der Waals surface area contributed by atoms with Crippen LogP contribution in [-0.4, -0.2) is 25.2 Å². The number of nitrogens with one attached hydrogen (secondary N) is 1. The molecule has 31 heavy (non-hydrogen) atoms. The summed E-state index contributed by atoms with van der Waals surface area (Å²) in [5.41, 5.74) is 3.47. The number of halogens is 3. The molecule has 1 N–H and O–H groups in total. The third kappa shape index (κ3) is 5.76. The predicted octanol–water partition coefficient (Wildman–Crippen LogP) is 5.64. The van der Waals surface area contributed by atoms with Gasteiger partial charge in [-0.1, -0.05) is 46.9 Å². The fourth-order valence-corrected chi connectivity index (χ4v) is 3.24. The van der Waals surface area contributed by atoms with Gasteiger partial charge in [-0.2, -0.15) is 5.10 Å². The van der Waals surface area contributed by atoms with Gasteiger partial charge in [0.25, 0.3) is 5.91 Å². The number of carbonyl (C=O) groups is 2. The molecule has 0 saturated heterocycles. The zero-order valence-corrected chi connectivity index (χ0v) is 18.3. The predicted molar refractivity (Wildman–Crippen MR) is 121 cm³/mol. The van der Waals surface area contributed by atoms with Crippen molar-refractivity contribution < 1.29 is 19.1 Å². The van der Waals surface area contributed by atoms with Gasteiger partial charge in [-0.15, -0.1) is 0 Å². The van der Waals surface area contributed by atoms with E-state index in [0.717, 1.165) is 0 Å². The largest absolute Gasteiger partial charge is 0.493 e. The van der Waals surface area contributed by atoms with Crippen molar-refractivity contribution >= 4 is 52.9 Å². The summed E-state index contributed by atoms with van der Waals surface area (Å²) in [6.07, 6.45) is 1.42. The number of rotatable bonds is 6. The number of esters is 1. The molecule has 0 aromatic heterocycles. The zero-order valence-electron chi connectivity index (χ0n) is 16.1. The number of methoxy groups -OCH3 is 1. The summed E-state index contributed by atoms with van der Waals surface area (Å²) in [6, 6.07) is 15.9. The van der Waals surface area contributed by atoms with Crippen LogP contribution < -0.4 is 14.9 Å². The van der Waals surface area contributed by atoms with Gasteiger partial charge >= 0.3 is 5.97 Å². The van der Waals surface area contributed by atoms with E-state index in [1.807, 2.05) is 0 Å². The number of ether oxygens (including phenoxy) is 2. The van der Waals surface area contributed by atoms with Gasteiger partial charge in [-0.25, -0.2) is 10.2 Å². The molecular weight excluding hydrogens is 463 g/mol. The van der Waals surface area contributed by atoms with Crippen LogP contribution in [0.3, 0.4) is 0 Å². The average molecular weight is 478 g/mol. The van der Waals surface area contributed by atoms with E-state index in [9.17, 15) is 9.59 Å². The zero-order chi connectivity index (χ0) is 22.4. The lowest BCUT2D eigenvalue weighted by atomic mass is 10.2. The molecule has 0 aliphatic carbocycles. The average Bonchev–Trinajstić information content (AvgIpc) is 2.74. The second kappa shape index (κ2) is 10.3. The van der Waals surface area contributed by atoms with Crippen molar-refractivity contribution in [1.29, 1.82) is 0 Å². The van der Waals surface area contributed by atoms with E-state index in [4.69, 9.17) is 44.3 Å². The van der Waals surface area contributed by atoms with E-state index in [1.165, 1.54) is 37.6 Å². The molecule has 9 heteroatoms. The fraction of sp³-hybridized carbons (Fsp3) is 0.0455. The van der Waals surface area contributed by atoms with Gasteiger partial charge in [-0.05, 0) is 54.1 Å². The highest BCUT2D eigenvalue weighted by Gasteiger charge is 2.16. The standard InChI is InChI=1S/C22H15Cl3N2O4/c1-30-20-10-13(12-26-27-21(28)15-4-2-3-5-17(15)24)6-9-19(20)31-22(29)16-8-7-14(23)11-18(16)25/h2-12H,1H3,(H,27,28)/b26-12+. The lowest BCUT2D eigenvalue weighted by Gasteiger charge is -2.10. The van der Waals surface area contributed by atoms with Crippen molar-refractivity contribution in [2.75, 3.05) is 7.11 Å². The smallest absolute Gasteiger partial charge is 0.345 e. The molecule has 0 radical (unpaired) electrons. The number of benzene rings is 3. The number of nitrogens with zero attached hydrogens (tertiary/aromatic N) is 1. The van der Waals surface area contributed by atoms with Crippen molar-refractivity contribution in [3.63, 3.8) is 0 Å². The second-order valence-corrected chi connectivity index (χ2v) is 7.35. The van der Waals surface area contributed by atoms with Gasteiger partial charge < -0.3 is 9.47 Å². The maximum absolute atomic E-state index is 12.4. The van der Waals surface area contributed by atoms with Gasteiger partial charge in [0.1, 0.15) is 0 Å². The van der Waals surface area contributed by atoms with Crippen LogP contribution in [0.2, 0.25) is 15.1 Å². The van der Waals surface area contributed by atoms with Crippen LogP contribution in [0.5, 0.6) is 11.5 Å². The van der Waals surface area contributed by atoms with Crippen LogP contribution in [0, 0.1) is 0 Å². The minimum Gasteiger partial charge on any atom is -0.493 e. The maximum Gasteiger partial charge on any atom is 0.345 e. The van der Waals surface area contributed by atoms with E-state index < -0.39 is 11.9 Å². The normalized spacial score (nSPS) is 10.7. The Hall–Kier alpha value is -3.06. The molecule has 0 saturated carbocycles. The van der Waals surface area contributed by atoms with Crippen LogP contribution in [-0.2, 0) is 0 Å². The Kier molecular flexibility index (Phi) is 7.52. The molecular formula is C22H15Cl3N2O4. The highest BCUT2D eigenvalue weighted by Crippen LogP contribution is 2.30. The summed E-state index contributed by atoms with van der Waals surface area (Å²) >= 11 is 17.9. The van der Waals surface area contributed by atoms with Crippen molar-refractivity contribution in [2.45, 2.75) is 0 Å². The highest BCUT2D eigenvalue weighted by molar-refractivity contribution is 6.36. The van der Waals surface area contributed by atoms with E-state index in [1.54, 1.807) is 36.4 Å². The molecule has 0 bridgehead atoms. The molecule has 0 atom stereocenters.